The van der Waals surface area contributed by atoms with Crippen molar-refractivity contribution in [3.05, 3.63) is 83.9 Å². The second kappa shape index (κ2) is 15.3. The van der Waals surface area contributed by atoms with Crippen LogP contribution in [0.4, 0.5) is 4.79 Å². The summed E-state index contributed by atoms with van der Waals surface area (Å²) in [6.45, 7) is 5.47. The third-order valence-corrected chi connectivity index (χ3v) is 4.75. The van der Waals surface area contributed by atoms with Crippen molar-refractivity contribution in [2.24, 2.45) is 5.73 Å². The van der Waals surface area contributed by atoms with Gasteiger partial charge in [-0.15, -0.1) is 0 Å². The van der Waals surface area contributed by atoms with E-state index in [-0.39, 0.29) is 6.04 Å². The average molecular weight is 501 g/mol. The van der Waals surface area contributed by atoms with E-state index in [9.17, 15) is 19.5 Å². The minimum absolute atomic E-state index is 0.283. The van der Waals surface area contributed by atoms with Crippen LogP contribution in [-0.2, 0) is 27.2 Å². The molecule has 0 saturated carbocycles. The normalized spacial score (nSPS) is 13.6. The van der Waals surface area contributed by atoms with Crippen molar-refractivity contribution in [3.63, 3.8) is 0 Å². The molecule has 3 atom stereocenters. The van der Waals surface area contributed by atoms with Crippen LogP contribution in [0.25, 0.3) is 0 Å². The third kappa shape index (κ3) is 14.5. The molecule has 0 bridgehead atoms. The van der Waals surface area contributed by atoms with Gasteiger partial charge >= 0.3 is 18.0 Å². The van der Waals surface area contributed by atoms with Gasteiger partial charge in [0.2, 0.25) is 0 Å². The number of carboxylic acids is 2. The van der Waals surface area contributed by atoms with Crippen LogP contribution in [0.3, 0.4) is 0 Å². The SMILES string of the molecule is CC(C)(C)OC(=O)NC(Cc1ccccc1)CC(O)C(N)Cc1ccccc1.O=C(O)C=CC(=O)O. The number of hydrogen-bond donors (Lipinski definition) is 5. The van der Waals surface area contributed by atoms with Crippen molar-refractivity contribution >= 4 is 18.0 Å². The van der Waals surface area contributed by atoms with E-state index < -0.39 is 35.8 Å². The Morgan fingerprint density at radius 1 is 0.889 bits per heavy atom. The summed E-state index contributed by atoms with van der Waals surface area (Å²) in [7, 11) is 0. The number of rotatable bonds is 10. The van der Waals surface area contributed by atoms with Gasteiger partial charge in [0, 0.05) is 24.2 Å². The van der Waals surface area contributed by atoms with E-state index in [1.54, 1.807) is 0 Å². The summed E-state index contributed by atoms with van der Waals surface area (Å²) in [6.07, 6.45) is 1.40. The first kappa shape index (κ1) is 30.3. The van der Waals surface area contributed by atoms with Crippen LogP contribution in [-0.4, -0.2) is 57.1 Å². The lowest BCUT2D eigenvalue weighted by molar-refractivity contribution is -0.134. The number of alkyl carbamates (subject to hydrolysis) is 1. The van der Waals surface area contributed by atoms with E-state index in [0.717, 1.165) is 11.1 Å². The first-order valence-electron chi connectivity index (χ1n) is 11.5. The van der Waals surface area contributed by atoms with Crippen molar-refractivity contribution in [1.82, 2.24) is 5.32 Å². The molecule has 0 heterocycles. The number of ether oxygens (including phenoxy) is 1. The molecule has 196 valence electrons. The Hall–Kier alpha value is -3.69. The maximum Gasteiger partial charge on any atom is 0.407 e. The highest BCUT2D eigenvalue weighted by Crippen LogP contribution is 2.14. The third-order valence-electron chi connectivity index (χ3n) is 4.75. The van der Waals surface area contributed by atoms with E-state index in [0.29, 0.717) is 31.4 Å². The van der Waals surface area contributed by atoms with Gasteiger partial charge in [0.25, 0.3) is 0 Å². The number of carbonyl (C=O) groups excluding carboxylic acids is 1. The molecule has 0 fully saturated rings. The highest BCUT2D eigenvalue weighted by molar-refractivity contribution is 5.89. The number of carbonyl (C=O) groups is 3. The number of benzene rings is 2. The second-order valence-corrected chi connectivity index (χ2v) is 9.20. The first-order valence-corrected chi connectivity index (χ1v) is 11.5. The van der Waals surface area contributed by atoms with Gasteiger partial charge in [-0.25, -0.2) is 14.4 Å². The predicted octanol–water partition coefficient (Wildman–Crippen LogP) is 3.16. The zero-order valence-corrected chi connectivity index (χ0v) is 20.8. The minimum Gasteiger partial charge on any atom is -0.478 e. The fourth-order valence-electron chi connectivity index (χ4n) is 3.20. The lowest BCUT2D eigenvalue weighted by Crippen LogP contribution is -2.46. The molecule has 2 aromatic rings. The summed E-state index contributed by atoms with van der Waals surface area (Å²) in [5, 5.41) is 29.2. The molecule has 0 aromatic heterocycles. The van der Waals surface area contributed by atoms with E-state index in [1.807, 2.05) is 81.4 Å². The minimum atomic E-state index is -1.26. The Kier molecular flexibility index (Phi) is 12.9. The average Bonchev–Trinajstić information content (AvgIpc) is 2.78. The van der Waals surface area contributed by atoms with Gasteiger partial charge in [-0.2, -0.15) is 0 Å². The van der Waals surface area contributed by atoms with Gasteiger partial charge < -0.3 is 31.1 Å². The van der Waals surface area contributed by atoms with Crippen molar-refractivity contribution in [2.75, 3.05) is 0 Å². The molecule has 1 amide bonds. The number of aliphatic carboxylic acids is 2. The van der Waals surface area contributed by atoms with Gasteiger partial charge in [0.05, 0.1) is 6.10 Å². The van der Waals surface area contributed by atoms with Crippen LogP contribution in [0.5, 0.6) is 0 Å². The Bertz CT molecular complexity index is 957. The van der Waals surface area contributed by atoms with E-state index in [1.165, 1.54) is 0 Å². The molecule has 9 heteroatoms. The van der Waals surface area contributed by atoms with Crippen LogP contribution >= 0.6 is 0 Å². The molecule has 0 aliphatic heterocycles. The summed E-state index contributed by atoms with van der Waals surface area (Å²) in [5.41, 5.74) is 7.80. The molecule has 0 aliphatic rings. The lowest BCUT2D eigenvalue weighted by Gasteiger charge is -2.27. The van der Waals surface area contributed by atoms with E-state index in [4.69, 9.17) is 20.7 Å². The molecule has 36 heavy (non-hydrogen) atoms. The zero-order chi connectivity index (χ0) is 27.1. The van der Waals surface area contributed by atoms with Crippen LogP contribution < -0.4 is 11.1 Å². The van der Waals surface area contributed by atoms with E-state index in [2.05, 4.69) is 5.32 Å². The topological polar surface area (TPSA) is 159 Å². The zero-order valence-electron chi connectivity index (χ0n) is 20.8. The summed E-state index contributed by atoms with van der Waals surface area (Å²) in [4.78, 5) is 31.4. The maximum absolute atomic E-state index is 12.3. The van der Waals surface area contributed by atoms with E-state index >= 15 is 0 Å². The smallest absolute Gasteiger partial charge is 0.407 e. The van der Waals surface area contributed by atoms with Crippen molar-refractivity contribution in [1.29, 1.82) is 0 Å². The van der Waals surface area contributed by atoms with Crippen LogP contribution in [0.1, 0.15) is 38.3 Å². The Labute approximate surface area is 211 Å². The fraction of sp³-hybridized carbons (Fsp3) is 0.370. The standard InChI is InChI=1S/C23H32N2O3.C4H4O4/c1-23(2,3)28-22(27)25-19(14-17-10-6-4-7-11-17)16-21(26)20(24)15-18-12-8-5-9-13-18;5-3(6)1-2-4(7)8/h4-13,19-21,26H,14-16,24H2,1-3H3,(H,25,27);1-2H,(H,5,6)(H,7,8). The Morgan fingerprint density at radius 2 is 1.33 bits per heavy atom. The monoisotopic (exact) mass is 500 g/mol. The van der Waals surface area contributed by atoms with Gasteiger partial charge in [-0.1, -0.05) is 60.7 Å². The maximum atomic E-state index is 12.3. The summed E-state index contributed by atoms with van der Waals surface area (Å²) >= 11 is 0. The molecule has 0 spiro atoms. The highest BCUT2D eigenvalue weighted by Gasteiger charge is 2.24. The molecular formula is C27H36N2O7. The molecule has 0 aliphatic carbocycles. The molecule has 0 saturated heterocycles. The van der Waals surface area contributed by atoms with Crippen molar-refractivity contribution < 1.29 is 34.4 Å². The molecule has 6 N–H and O–H groups in total. The summed E-state index contributed by atoms with van der Waals surface area (Å²) in [6, 6.07) is 19.0. The predicted molar refractivity (Wildman–Crippen MR) is 136 cm³/mol. The fourth-order valence-corrected chi connectivity index (χ4v) is 3.20. The first-order chi connectivity index (χ1) is 16.9. The van der Waals surface area contributed by atoms with Crippen molar-refractivity contribution in [3.8, 4) is 0 Å². The summed E-state index contributed by atoms with van der Waals surface area (Å²) < 4.78 is 5.38. The molecule has 2 rings (SSSR count). The summed E-state index contributed by atoms with van der Waals surface area (Å²) in [5.74, 6) is -2.51. The lowest BCUT2D eigenvalue weighted by atomic mass is 9.94. The van der Waals surface area contributed by atoms with Crippen LogP contribution in [0, 0.1) is 0 Å². The number of aliphatic hydroxyl groups is 1. The molecular weight excluding hydrogens is 464 g/mol. The highest BCUT2D eigenvalue weighted by atomic mass is 16.6. The van der Waals surface area contributed by atoms with Crippen LogP contribution in [0.2, 0.25) is 0 Å². The number of aliphatic hydroxyl groups excluding tert-OH is 1. The largest absolute Gasteiger partial charge is 0.478 e. The number of amides is 1. The van der Waals surface area contributed by atoms with Gasteiger partial charge in [-0.05, 0) is 51.2 Å². The number of nitrogens with two attached hydrogens (primary N) is 1. The second-order valence-electron chi connectivity index (χ2n) is 9.20. The Balaban J connectivity index is 0.000000697. The van der Waals surface area contributed by atoms with Gasteiger partial charge in [0.1, 0.15) is 5.60 Å². The van der Waals surface area contributed by atoms with Gasteiger partial charge in [-0.3, -0.25) is 0 Å². The van der Waals surface area contributed by atoms with Crippen molar-refractivity contribution in [2.45, 2.75) is 63.8 Å². The van der Waals surface area contributed by atoms with Gasteiger partial charge in [0.15, 0.2) is 0 Å². The molecule has 0 radical (unpaired) electrons. The molecule has 9 nitrogen and oxygen atoms in total. The van der Waals surface area contributed by atoms with Crippen LogP contribution in [0.15, 0.2) is 72.8 Å². The number of carboxylic acid groups (broad SMARTS) is 2. The molecule has 3 unspecified atom stereocenters. The number of hydrogen-bond acceptors (Lipinski definition) is 6. The number of nitrogens with one attached hydrogen (secondary N) is 1. The quantitative estimate of drug-likeness (QED) is 0.311. The Morgan fingerprint density at radius 3 is 1.75 bits per heavy atom. The molecule has 2 aromatic carbocycles.